The Morgan fingerprint density at radius 2 is 2.00 bits per heavy atom. The van der Waals surface area contributed by atoms with Crippen LogP contribution in [0.15, 0.2) is 0 Å². The average Bonchev–Trinajstić information content (AvgIpc) is 2.69. The molecule has 0 spiro atoms. The molecule has 6 heteroatoms. The first-order valence-electron chi connectivity index (χ1n) is 6.48. The van der Waals surface area contributed by atoms with E-state index in [0.717, 1.165) is 25.9 Å². The van der Waals surface area contributed by atoms with E-state index in [4.69, 9.17) is 9.47 Å². The van der Waals surface area contributed by atoms with Crippen LogP contribution in [0.25, 0.3) is 0 Å². The number of nitrogens with one attached hydrogen (secondary N) is 1. The molecule has 108 valence electrons. The second-order valence-electron chi connectivity index (χ2n) is 4.90. The zero-order valence-corrected chi connectivity index (χ0v) is 12.2. The van der Waals surface area contributed by atoms with Gasteiger partial charge in [0.1, 0.15) is 0 Å². The first-order chi connectivity index (χ1) is 8.59. The summed E-state index contributed by atoms with van der Waals surface area (Å²) in [5, 5.41) is 3.32. The van der Waals surface area contributed by atoms with Crippen LogP contribution in [0, 0.1) is 11.8 Å². The number of ether oxygens (including phenoxy) is 2. The van der Waals surface area contributed by atoms with Crippen LogP contribution in [0.3, 0.4) is 0 Å². The lowest BCUT2D eigenvalue weighted by atomic mass is 9.89. The van der Waals surface area contributed by atoms with Crippen LogP contribution in [0.5, 0.6) is 0 Å². The van der Waals surface area contributed by atoms with Crippen LogP contribution >= 0.6 is 0 Å². The number of sulfone groups is 1. The molecule has 1 fully saturated rings. The zero-order valence-electron chi connectivity index (χ0n) is 11.4. The Balaban J connectivity index is 2.40. The zero-order chi connectivity index (χ0) is 13.4. The fraction of sp³-hybridized carbons (Fsp3) is 1.00. The van der Waals surface area contributed by atoms with E-state index in [2.05, 4.69) is 5.32 Å². The number of hydrogen-bond acceptors (Lipinski definition) is 5. The van der Waals surface area contributed by atoms with Gasteiger partial charge >= 0.3 is 0 Å². The average molecular weight is 279 g/mol. The first-order valence-corrected chi connectivity index (χ1v) is 8.30. The lowest BCUT2D eigenvalue weighted by molar-refractivity contribution is 0.158. The minimum atomic E-state index is -2.79. The van der Waals surface area contributed by atoms with Gasteiger partial charge in [-0.25, -0.2) is 8.42 Å². The molecule has 0 bridgehead atoms. The fourth-order valence-corrected chi connectivity index (χ4v) is 4.35. The van der Waals surface area contributed by atoms with Crippen molar-refractivity contribution < 1.29 is 17.9 Å². The molecule has 2 unspecified atom stereocenters. The van der Waals surface area contributed by atoms with E-state index in [9.17, 15) is 8.42 Å². The Bertz CT molecular complexity index is 318. The smallest absolute Gasteiger partial charge is 0.150 e. The van der Waals surface area contributed by atoms with Crippen molar-refractivity contribution >= 4 is 9.84 Å². The Kier molecular flexibility index (Phi) is 7.14. The van der Waals surface area contributed by atoms with Crippen molar-refractivity contribution in [3.05, 3.63) is 0 Å². The number of rotatable bonds is 9. The van der Waals surface area contributed by atoms with Crippen LogP contribution in [0.4, 0.5) is 0 Å². The Morgan fingerprint density at radius 3 is 2.56 bits per heavy atom. The third-order valence-corrected chi connectivity index (χ3v) is 5.31. The molecule has 0 radical (unpaired) electrons. The summed E-state index contributed by atoms with van der Waals surface area (Å²) in [6, 6.07) is 0. The molecule has 1 aliphatic heterocycles. The maximum absolute atomic E-state index is 11.5. The van der Waals surface area contributed by atoms with Crippen LogP contribution in [0.1, 0.15) is 12.8 Å². The Morgan fingerprint density at radius 1 is 1.28 bits per heavy atom. The Labute approximate surface area is 110 Å². The fourth-order valence-electron chi connectivity index (χ4n) is 2.43. The van der Waals surface area contributed by atoms with Crippen LogP contribution < -0.4 is 5.32 Å². The van der Waals surface area contributed by atoms with Crippen LogP contribution in [-0.2, 0) is 19.3 Å². The van der Waals surface area contributed by atoms with E-state index >= 15 is 0 Å². The van der Waals surface area contributed by atoms with Gasteiger partial charge in [0.15, 0.2) is 9.84 Å². The molecule has 1 rings (SSSR count). The summed E-state index contributed by atoms with van der Waals surface area (Å²) in [7, 11) is 0.562. The quantitative estimate of drug-likeness (QED) is 0.615. The summed E-state index contributed by atoms with van der Waals surface area (Å²) in [4.78, 5) is 0. The second kappa shape index (κ2) is 8.09. The second-order valence-corrected chi connectivity index (χ2v) is 7.13. The van der Waals surface area contributed by atoms with Crippen molar-refractivity contribution in [3.63, 3.8) is 0 Å². The van der Waals surface area contributed by atoms with Gasteiger partial charge in [-0.05, 0) is 31.2 Å². The molecule has 0 aromatic rings. The highest BCUT2D eigenvalue weighted by Crippen LogP contribution is 2.27. The summed E-state index contributed by atoms with van der Waals surface area (Å²) in [6.07, 6.45) is 1.71. The van der Waals surface area contributed by atoms with E-state index < -0.39 is 9.84 Å². The van der Waals surface area contributed by atoms with Gasteiger partial charge in [0.25, 0.3) is 0 Å². The molecule has 0 amide bonds. The van der Waals surface area contributed by atoms with Gasteiger partial charge in [-0.2, -0.15) is 0 Å². The predicted octanol–water partition coefficient (Wildman–Crippen LogP) is 0.310. The minimum absolute atomic E-state index is 0.278. The molecule has 0 saturated carbocycles. The molecule has 5 nitrogen and oxygen atoms in total. The van der Waals surface area contributed by atoms with E-state index in [1.54, 1.807) is 14.2 Å². The van der Waals surface area contributed by atoms with Crippen molar-refractivity contribution in [1.82, 2.24) is 5.32 Å². The maximum atomic E-state index is 11.5. The van der Waals surface area contributed by atoms with E-state index in [0.29, 0.717) is 30.6 Å². The molecular formula is C12H25NO4S. The van der Waals surface area contributed by atoms with Gasteiger partial charge in [0.2, 0.25) is 0 Å². The monoisotopic (exact) mass is 279 g/mol. The summed E-state index contributed by atoms with van der Waals surface area (Å²) < 4.78 is 33.1. The van der Waals surface area contributed by atoms with Gasteiger partial charge in [0.05, 0.1) is 18.1 Å². The topological polar surface area (TPSA) is 64.6 Å². The molecular weight excluding hydrogens is 254 g/mol. The lowest BCUT2D eigenvalue weighted by Gasteiger charge is -2.22. The van der Waals surface area contributed by atoms with Gasteiger partial charge in [-0.15, -0.1) is 0 Å². The third kappa shape index (κ3) is 5.65. The van der Waals surface area contributed by atoms with Crippen molar-refractivity contribution in [2.24, 2.45) is 11.8 Å². The van der Waals surface area contributed by atoms with Gasteiger partial charge < -0.3 is 14.8 Å². The Hall–Kier alpha value is -0.170. The molecule has 0 aromatic heterocycles. The summed E-state index contributed by atoms with van der Waals surface area (Å²) in [5.74, 6) is 1.34. The first kappa shape index (κ1) is 15.9. The largest absolute Gasteiger partial charge is 0.385 e. The molecule has 1 aliphatic rings. The van der Waals surface area contributed by atoms with Gasteiger partial charge in [-0.1, -0.05) is 0 Å². The highest BCUT2D eigenvalue weighted by atomic mass is 32.2. The molecule has 2 atom stereocenters. The summed E-state index contributed by atoms with van der Waals surface area (Å²) in [6.45, 7) is 3.01. The van der Waals surface area contributed by atoms with Crippen LogP contribution in [-0.4, -0.2) is 60.4 Å². The standard InChI is InChI=1S/C12H25NO4S/c1-16-6-3-11(9-13-5-7-17-2)12-4-8-18(14,15)10-12/h11-13H,3-10H2,1-2H3. The van der Waals surface area contributed by atoms with E-state index in [-0.39, 0.29) is 5.92 Å². The SMILES string of the molecule is COCCNCC(CCOC)C1CCS(=O)(=O)C1. The number of hydrogen-bond donors (Lipinski definition) is 1. The minimum Gasteiger partial charge on any atom is -0.385 e. The molecule has 18 heavy (non-hydrogen) atoms. The van der Waals surface area contributed by atoms with Crippen LogP contribution in [0.2, 0.25) is 0 Å². The van der Waals surface area contributed by atoms with Crippen molar-refractivity contribution in [3.8, 4) is 0 Å². The predicted molar refractivity (Wildman–Crippen MR) is 71.5 cm³/mol. The van der Waals surface area contributed by atoms with E-state index in [1.807, 2.05) is 0 Å². The van der Waals surface area contributed by atoms with E-state index in [1.165, 1.54) is 0 Å². The maximum Gasteiger partial charge on any atom is 0.150 e. The molecule has 0 aliphatic carbocycles. The van der Waals surface area contributed by atoms with Crippen molar-refractivity contribution in [2.45, 2.75) is 12.8 Å². The molecule has 1 heterocycles. The third-order valence-electron chi connectivity index (χ3n) is 3.52. The van der Waals surface area contributed by atoms with Gasteiger partial charge in [-0.3, -0.25) is 0 Å². The molecule has 1 N–H and O–H groups in total. The summed E-state index contributed by atoms with van der Waals surface area (Å²) >= 11 is 0. The number of methoxy groups -OCH3 is 2. The normalized spacial score (nSPS) is 24.2. The van der Waals surface area contributed by atoms with Crippen molar-refractivity contribution in [2.75, 3.05) is 52.0 Å². The highest BCUT2D eigenvalue weighted by Gasteiger charge is 2.33. The summed E-state index contributed by atoms with van der Waals surface area (Å²) in [5.41, 5.74) is 0. The van der Waals surface area contributed by atoms with Crippen molar-refractivity contribution in [1.29, 1.82) is 0 Å². The lowest BCUT2D eigenvalue weighted by Crippen LogP contribution is -2.31. The molecule has 1 saturated heterocycles. The van der Waals surface area contributed by atoms with Gasteiger partial charge in [0, 0.05) is 27.4 Å². The molecule has 0 aromatic carbocycles. The highest BCUT2D eigenvalue weighted by molar-refractivity contribution is 7.91.